The van der Waals surface area contributed by atoms with Crippen molar-refractivity contribution in [3.05, 3.63) is 41.5 Å². The summed E-state index contributed by atoms with van der Waals surface area (Å²) in [5.74, 6) is -0.331. The van der Waals surface area contributed by atoms with Crippen LogP contribution in [0.15, 0.2) is 40.9 Å². The van der Waals surface area contributed by atoms with E-state index in [2.05, 4.69) is 10.3 Å². The van der Waals surface area contributed by atoms with Gasteiger partial charge in [0.15, 0.2) is 0 Å². The van der Waals surface area contributed by atoms with Crippen molar-refractivity contribution in [2.45, 2.75) is 26.9 Å². The standard InChI is InChI=1S/C15H18N2O2/c1-4-19-15(18)13-10(2)16-11(3)17-14(13)12-8-6-5-7-9-12/h5-9,11,17H,4H2,1-3H3. The molecule has 1 N–H and O–H groups in total. The summed E-state index contributed by atoms with van der Waals surface area (Å²) in [5.41, 5.74) is 2.99. The molecule has 0 saturated carbocycles. The molecule has 0 fully saturated rings. The highest BCUT2D eigenvalue weighted by Gasteiger charge is 2.25. The lowest BCUT2D eigenvalue weighted by molar-refractivity contribution is -0.137. The molecule has 4 nitrogen and oxygen atoms in total. The molecule has 100 valence electrons. The van der Waals surface area contributed by atoms with Crippen LogP contribution in [-0.2, 0) is 9.53 Å². The van der Waals surface area contributed by atoms with E-state index in [-0.39, 0.29) is 12.1 Å². The summed E-state index contributed by atoms with van der Waals surface area (Å²) in [6.45, 7) is 5.94. The number of hydrogen-bond donors (Lipinski definition) is 1. The van der Waals surface area contributed by atoms with Crippen LogP contribution < -0.4 is 5.32 Å². The Morgan fingerprint density at radius 1 is 1.37 bits per heavy atom. The highest BCUT2D eigenvalue weighted by molar-refractivity contribution is 6.24. The molecule has 0 amide bonds. The Morgan fingerprint density at radius 2 is 2.05 bits per heavy atom. The van der Waals surface area contributed by atoms with Crippen LogP contribution in [-0.4, -0.2) is 24.5 Å². The van der Waals surface area contributed by atoms with Crippen molar-refractivity contribution >= 4 is 17.4 Å². The average Bonchev–Trinajstić information content (AvgIpc) is 2.39. The smallest absolute Gasteiger partial charge is 0.342 e. The number of carbonyl (C=O) groups is 1. The van der Waals surface area contributed by atoms with E-state index in [9.17, 15) is 4.79 Å². The summed E-state index contributed by atoms with van der Waals surface area (Å²) < 4.78 is 5.12. The van der Waals surface area contributed by atoms with Crippen molar-refractivity contribution in [3.63, 3.8) is 0 Å². The van der Waals surface area contributed by atoms with Crippen molar-refractivity contribution in [2.24, 2.45) is 4.99 Å². The Bertz CT molecular complexity index is 532. The monoisotopic (exact) mass is 258 g/mol. The van der Waals surface area contributed by atoms with Gasteiger partial charge in [0.25, 0.3) is 0 Å². The van der Waals surface area contributed by atoms with Crippen molar-refractivity contribution in [1.29, 1.82) is 0 Å². The van der Waals surface area contributed by atoms with E-state index in [1.54, 1.807) is 6.92 Å². The lowest BCUT2D eigenvalue weighted by Crippen LogP contribution is -2.33. The molecule has 1 aromatic rings. The zero-order valence-corrected chi connectivity index (χ0v) is 11.4. The molecular formula is C15H18N2O2. The third kappa shape index (κ3) is 2.84. The summed E-state index contributed by atoms with van der Waals surface area (Å²) in [5, 5.41) is 3.24. The molecule has 0 bridgehead atoms. The summed E-state index contributed by atoms with van der Waals surface area (Å²) in [6.07, 6.45) is -0.0478. The normalized spacial score (nSPS) is 18.7. The first-order valence-electron chi connectivity index (χ1n) is 6.41. The first-order valence-corrected chi connectivity index (χ1v) is 6.41. The van der Waals surface area contributed by atoms with Crippen molar-refractivity contribution in [3.8, 4) is 0 Å². The Morgan fingerprint density at radius 3 is 2.68 bits per heavy atom. The molecule has 0 aromatic heterocycles. The Kier molecular flexibility index (Phi) is 4.00. The third-order valence-electron chi connectivity index (χ3n) is 2.89. The molecule has 19 heavy (non-hydrogen) atoms. The molecule has 0 spiro atoms. The average molecular weight is 258 g/mol. The van der Waals surface area contributed by atoms with E-state index >= 15 is 0 Å². The Hall–Kier alpha value is -2.10. The van der Waals surface area contributed by atoms with Gasteiger partial charge in [0.1, 0.15) is 11.7 Å². The second-order valence-corrected chi connectivity index (χ2v) is 4.37. The lowest BCUT2D eigenvalue weighted by Gasteiger charge is -2.24. The fraction of sp³-hybridized carbons (Fsp3) is 0.333. The van der Waals surface area contributed by atoms with Crippen LogP contribution in [0.1, 0.15) is 26.3 Å². The van der Waals surface area contributed by atoms with Gasteiger partial charge in [-0.15, -0.1) is 0 Å². The second-order valence-electron chi connectivity index (χ2n) is 4.37. The van der Waals surface area contributed by atoms with Gasteiger partial charge in [-0.3, -0.25) is 4.99 Å². The molecule has 1 aliphatic rings. The zero-order valence-electron chi connectivity index (χ0n) is 11.4. The number of aliphatic imine (C=N–C) groups is 1. The van der Waals surface area contributed by atoms with Crippen molar-refractivity contribution in [2.75, 3.05) is 6.61 Å². The first kappa shape index (κ1) is 13.3. The van der Waals surface area contributed by atoms with Crippen LogP contribution in [0, 0.1) is 0 Å². The van der Waals surface area contributed by atoms with Gasteiger partial charge in [-0.1, -0.05) is 30.3 Å². The molecule has 0 radical (unpaired) electrons. The predicted molar refractivity (Wildman–Crippen MR) is 75.7 cm³/mol. The largest absolute Gasteiger partial charge is 0.462 e. The molecule has 1 atom stereocenters. The molecule has 1 heterocycles. The highest BCUT2D eigenvalue weighted by atomic mass is 16.5. The van der Waals surface area contributed by atoms with E-state index in [0.717, 1.165) is 11.3 Å². The Balaban J connectivity index is 2.50. The van der Waals surface area contributed by atoms with Crippen molar-refractivity contribution in [1.82, 2.24) is 5.32 Å². The quantitative estimate of drug-likeness (QED) is 0.847. The molecule has 1 aromatic carbocycles. The first-order chi connectivity index (χ1) is 9.13. The summed E-state index contributed by atoms with van der Waals surface area (Å²) in [6, 6.07) is 9.76. The zero-order chi connectivity index (χ0) is 13.8. The van der Waals surface area contributed by atoms with E-state index < -0.39 is 0 Å². The molecule has 1 aliphatic heterocycles. The molecular weight excluding hydrogens is 240 g/mol. The minimum absolute atomic E-state index is 0.0478. The Labute approximate surface area is 113 Å². The summed E-state index contributed by atoms with van der Waals surface area (Å²) in [7, 11) is 0. The van der Waals surface area contributed by atoms with E-state index in [4.69, 9.17) is 4.74 Å². The molecule has 4 heteroatoms. The van der Waals surface area contributed by atoms with Crippen LogP contribution in [0.3, 0.4) is 0 Å². The van der Waals surface area contributed by atoms with Crippen LogP contribution >= 0.6 is 0 Å². The van der Waals surface area contributed by atoms with Crippen LogP contribution in [0.25, 0.3) is 5.70 Å². The number of esters is 1. The van der Waals surface area contributed by atoms with Crippen molar-refractivity contribution < 1.29 is 9.53 Å². The molecule has 2 rings (SSSR count). The van der Waals surface area contributed by atoms with Gasteiger partial charge in [0.05, 0.1) is 18.0 Å². The third-order valence-corrected chi connectivity index (χ3v) is 2.89. The SMILES string of the molecule is CCOC(=O)C1=C(c2ccccc2)NC(C)N=C1C. The second kappa shape index (κ2) is 5.69. The van der Waals surface area contributed by atoms with Crippen LogP contribution in [0.2, 0.25) is 0 Å². The van der Waals surface area contributed by atoms with Gasteiger partial charge < -0.3 is 10.1 Å². The maximum absolute atomic E-state index is 12.1. The van der Waals surface area contributed by atoms with Gasteiger partial charge in [-0.2, -0.15) is 0 Å². The topological polar surface area (TPSA) is 50.7 Å². The number of nitrogens with one attached hydrogen (secondary N) is 1. The van der Waals surface area contributed by atoms with Gasteiger partial charge in [-0.05, 0) is 26.3 Å². The maximum Gasteiger partial charge on any atom is 0.342 e. The minimum Gasteiger partial charge on any atom is -0.462 e. The van der Waals surface area contributed by atoms with Gasteiger partial charge in [-0.25, -0.2) is 4.79 Å². The van der Waals surface area contributed by atoms with Crippen LogP contribution in [0.5, 0.6) is 0 Å². The van der Waals surface area contributed by atoms with E-state index in [0.29, 0.717) is 17.9 Å². The van der Waals surface area contributed by atoms with Gasteiger partial charge >= 0.3 is 5.97 Å². The number of nitrogens with zero attached hydrogens (tertiary/aromatic N) is 1. The van der Waals surface area contributed by atoms with Gasteiger partial charge in [0.2, 0.25) is 0 Å². The van der Waals surface area contributed by atoms with E-state index in [1.807, 2.05) is 44.2 Å². The number of carbonyl (C=O) groups excluding carboxylic acids is 1. The number of benzene rings is 1. The highest BCUT2D eigenvalue weighted by Crippen LogP contribution is 2.22. The lowest BCUT2D eigenvalue weighted by atomic mass is 10.0. The number of ether oxygens (including phenoxy) is 1. The minimum atomic E-state index is -0.331. The maximum atomic E-state index is 12.1. The summed E-state index contributed by atoms with van der Waals surface area (Å²) >= 11 is 0. The van der Waals surface area contributed by atoms with Crippen LogP contribution in [0.4, 0.5) is 0 Å². The molecule has 0 saturated heterocycles. The molecule has 0 aliphatic carbocycles. The number of rotatable bonds is 3. The summed E-state index contributed by atoms with van der Waals surface area (Å²) in [4.78, 5) is 16.5. The fourth-order valence-electron chi connectivity index (χ4n) is 2.13. The predicted octanol–water partition coefficient (Wildman–Crippen LogP) is 2.37. The van der Waals surface area contributed by atoms with E-state index in [1.165, 1.54) is 0 Å². The molecule has 1 unspecified atom stereocenters. The number of hydrogen-bond acceptors (Lipinski definition) is 4. The van der Waals surface area contributed by atoms with Gasteiger partial charge in [0, 0.05) is 0 Å². The fourth-order valence-corrected chi connectivity index (χ4v) is 2.13.